The summed E-state index contributed by atoms with van der Waals surface area (Å²) >= 11 is 1.62. The zero-order valence-electron chi connectivity index (χ0n) is 18.7. The lowest BCUT2D eigenvalue weighted by molar-refractivity contribution is -0.140. The molecule has 32 heavy (non-hydrogen) atoms. The number of hydrogen-bond acceptors (Lipinski definition) is 6. The van der Waals surface area contributed by atoms with E-state index in [1.165, 1.54) is 4.90 Å². The van der Waals surface area contributed by atoms with Crippen molar-refractivity contribution in [3.05, 3.63) is 24.3 Å². The molecule has 3 fully saturated rings. The molecule has 174 valence electrons. The number of carbonyl (C=O) groups is 3. The number of hydrogen-bond donors (Lipinski definition) is 3. The molecule has 0 radical (unpaired) electrons. The molecule has 1 spiro atoms. The number of nitrogens with one attached hydrogen (secondary N) is 2. The maximum atomic E-state index is 13.6. The lowest BCUT2D eigenvalue weighted by Gasteiger charge is -2.34. The Morgan fingerprint density at radius 1 is 1.25 bits per heavy atom. The summed E-state index contributed by atoms with van der Waals surface area (Å²) in [5.74, 6) is -0.978. The van der Waals surface area contributed by atoms with Crippen molar-refractivity contribution in [2.24, 2.45) is 11.8 Å². The van der Waals surface area contributed by atoms with E-state index in [0.717, 1.165) is 12.8 Å². The average molecular weight is 462 g/mol. The maximum Gasteiger partial charge on any atom is 0.248 e. The molecular weight excluding hydrogens is 430 g/mol. The van der Waals surface area contributed by atoms with Gasteiger partial charge in [0.05, 0.1) is 30.3 Å². The highest BCUT2D eigenvalue weighted by Crippen LogP contribution is 2.71. The fraction of sp³-hybridized carbons (Fsp3) is 0.609. The van der Waals surface area contributed by atoms with Crippen LogP contribution in [0.25, 0.3) is 0 Å². The first kappa shape index (κ1) is 22.9. The Morgan fingerprint density at radius 2 is 1.97 bits per heavy atom. The van der Waals surface area contributed by atoms with Gasteiger partial charge >= 0.3 is 0 Å². The Morgan fingerprint density at radius 3 is 2.59 bits per heavy atom. The summed E-state index contributed by atoms with van der Waals surface area (Å²) < 4.78 is 4.11. The zero-order chi connectivity index (χ0) is 23.1. The van der Waals surface area contributed by atoms with Gasteiger partial charge < -0.3 is 25.4 Å². The molecule has 9 heteroatoms. The van der Waals surface area contributed by atoms with Crippen molar-refractivity contribution in [1.82, 2.24) is 10.2 Å². The van der Waals surface area contributed by atoms with Crippen molar-refractivity contribution in [2.75, 3.05) is 32.1 Å². The van der Waals surface area contributed by atoms with Crippen molar-refractivity contribution in [1.29, 1.82) is 0 Å². The van der Waals surface area contributed by atoms with E-state index >= 15 is 0 Å². The summed E-state index contributed by atoms with van der Waals surface area (Å²) in [7, 11) is 1.57. The lowest BCUT2D eigenvalue weighted by atomic mass is 9.66. The normalized spacial score (nSPS) is 32.7. The molecule has 3 N–H and O–H groups in total. The standard InChI is InChI=1S/C23H31N3O5S/c1-4-11-24-19(28)16-17-21(30)26(12-13-27)18(23(17)10-9-22(16,2)32-23)20(29)25-14-5-7-15(31-3)8-6-14/h5-8,16-18,27H,4,9-13H2,1-3H3,(H,24,28)(H,25,29)/t16-,17-,18?,22+,23?/m0/s1. The van der Waals surface area contributed by atoms with E-state index in [-0.39, 0.29) is 35.6 Å². The number of thioether (sulfide) groups is 1. The molecule has 3 saturated heterocycles. The molecule has 3 heterocycles. The first-order chi connectivity index (χ1) is 15.3. The number of benzene rings is 1. The molecule has 4 rings (SSSR count). The molecule has 3 aliphatic rings. The van der Waals surface area contributed by atoms with Crippen molar-refractivity contribution >= 4 is 35.2 Å². The Bertz CT molecular complexity index is 909. The number of carbonyl (C=O) groups excluding carboxylic acids is 3. The average Bonchev–Trinajstić information content (AvgIpc) is 3.34. The predicted molar refractivity (Wildman–Crippen MR) is 122 cm³/mol. The molecule has 8 nitrogen and oxygen atoms in total. The van der Waals surface area contributed by atoms with Crippen LogP contribution in [0.1, 0.15) is 33.1 Å². The van der Waals surface area contributed by atoms with Gasteiger partial charge in [0, 0.05) is 23.5 Å². The van der Waals surface area contributed by atoms with Crippen LogP contribution < -0.4 is 15.4 Å². The molecule has 0 aliphatic carbocycles. The van der Waals surface area contributed by atoms with Crippen molar-refractivity contribution in [3.8, 4) is 5.75 Å². The van der Waals surface area contributed by atoms with Gasteiger partial charge in [-0.1, -0.05) is 6.92 Å². The van der Waals surface area contributed by atoms with Crippen LogP contribution in [0.2, 0.25) is 0 Å². The molecule has 0 saturated carbocycles. The van der Waals surface area contributed by atoms with Crippen LogP contribution >= 0.6 is 11.8 Å². The Kier molecular flexibility index (Phi) is 6.15. The van der Waals surface area contributed by atoms with Gasteiger partial charge in [-0.05, 0) is 50.5 Å². The monoisotopic (exact) mass is 461 g/mol. The summed E-state index contributed by atoms with van der Waals surface area (Å²) in [5, 5.41) is 15.6. The Balaban J connectivity index is 1.66. The summed E-state index contributed by atoms with van der Waals surface area (Å²) in [5.41, 5.74) is 0.605. The van der Waals surface area contributed by atoms with Gasteiger partial charge in [0.15, 0.2) is 0 Å². The van der Waals surface area contributed by atoms with Crippen LogP contribution in [0, 0.1) is 11.8 Å². The van der Waals surface area contributed by atoms with E-state index in [0.29, 0.717) is 24.4 Å². The van der Waals surface area contributed by atoms with Crippen LogP contribution in [0.15, 0.2) is 24.3 Å². The number of likely N-dealkylation sites (tertiary alicyclic amines) is 1. The van der Waals surface area contributed by atoms with Crippen LogP contribution in [0.4, 0.5) is 5.69 Å². The van der Waals surface area contributed by atoms with Crippen LogP contribution in [0.3, 0.4) is 0 Å². The van der Waals surface area contributed by atoms with Gasteiger partial charge in [-0.25, -0.2) is 0 Å². The quantitative estimate of drug-likeness (QED) is 0.543. The largest absolute Gasteiger partial charge is 0.497 e. The van der Waals surface area contributed by atoms with Crippen molar-refractivity contribution < 1.29 is 24.2 Å². The Labute approximate surface area is 192 Å². The van der Waals surface area contributed by atoms with Gasteiger partial charge in [-0.2, -0.15) is 0 Å². The number of amides is 3. The lowest BCUT2D eigenvalue weighted by Crippen LogP contribution is -2.52. The molecular formula is C23H31N3O5S. The fourth-order valence-corrected chi connectivity index (χ4v) is 8.07. The molecule has 0 aromatic heterocycles. The number of ether oxygens (including phenoxy) is 1. The van der Waals surface area contributed by atoms with E-state index in [2.05, 4.69) is 10.6 Å². The topological polar surface area (TPSA) is 108 Å². The van der Waals surface area contributed by atoms with Crippen LogP contribution in [-0.4, -0.2) is 70.1 Å². The maximum absolute atomic E-state index is 13.6. The smallest absolute Gasteiger partial charge is 0.248 e. The van der Waals surface area contributed by atoms with Crippen LogP contribution in [-0.2, 0) is 14.4 Å². The second-order valence-electron chi connectivity index (χ2n) is 8.99. The molecule has 1 aromatic rings. The van der Waals surface area contributed by atoms with Gasteiger partial charge in [0.1, 0.15) is 11.8 Å². The summed E-state index contributed by atoms with van der Waals surface area (Å²) in [4.78, 5) is 41.7. The van der Waals surface area contributed by atoms with Gasteiger partial charge in [0.2, 0.25) is 17.7 Å². The van der Waals surface area contributed by atoms with Crippen molar-refractivity contribution in [3.63, 3.8) is 0 Å². The fourth-order valence-electron chi connectivity index (χ4n) is 5.72. The second-order valence-corrected chi connectivity index (χ2v) is 10.9. The minimum Gasteiger partial charge on any atom is -0.497 e. The summed E-state index contributed by atoms with van der Waals surface area (Å²) in [6.45, 7) is 4.42. The highest BCUT2D eigenvalue weighted by atomic mass is 32.2. The zero-order valence-corrected chi connectivity index (χ0v) is 19.5. The summed E-state index contributed by atoms with van der Waals surface area (Å²) in [6, 6.07) is 6.27. The van der Waals surface area contributed by atoms with Gasteiger partial charge in [-0.3, -0.25) is 14.4 Å². The molecule has 3 amide bonds. The number of aliphatic hydroxyl groups is 1. The molecule has 2 bridgehead atoms. The van der Waals surface area contributed by atoms with Crippen LogP contribution in [0.5, 0.6) is 5.75 Å². The number of nitrogens with zero attached hydrogens (tertiary/aromatic N) is 1. The van der Waals surface area contributed by atoms with Gasteiger partial charge in [-0.15, -0.1) is 11.8 Å². The second kappa shape index (κ2) is 8.59. The first-order valence-electron chi connectivity index (χ1n) is 11.2. The predicted octanol–water partition coefficient (Wildman–Crippen LogP) is 1.63. The number of methoxy groups -OCH3 is 1. The third kappa shape index (κ3) is 3.46. The highest BCUT2D eigenvalue weighted by Gasteiger charge is 2.76. The van der Waals surface area contributed by atoms with E-state index in [1.54, 1.807) is 43.1 Å². The minimum atomic E-state index is -0.745. The third-order valence-electron chi connectivity index (χ3n) is 7.06. The van der Waals surface area contributed by atoms with E-state index < -0.39 is 22.6 Å². The third-order valence-corrected chi connectivity index (χ3v) is 9.04. The number of anilines is 1. The molecule has 1 aromatic carbocycles. The SMILES string of the molecule is CCCNC(=O)[C@@H]1[C@H]2C(=O)N(CCO)C(C(=O)Nc3ccc(OC)cc3)C23CC[C@@]1(C)S3. The van der Waals surface area contributed by atoms with Gasteiger partial charge in [0.25, 0.3) is 0 Å². The highest BCUT2D eigenvalue weighted by molar-refractivity contribution is 8.02. The molecule has 3 aliphatic heterocycles. The molecule has 5 atom stereocenters. The number of aliphatic hydroxyl groups excluding tert-OH is 1. The van der Waals surface area contributed by atoms with E-state index in [1.807, 2.05) is 13.8 Å². The van der Waals surface area contributed by atoms with E-state index in [4.69, 9.17) is 4.74 Å². The number of β-amino-alcohol motifs (C(OH)–C–C–N with tert-alkyl or cyclic N) is 1. The first-order valence-corrected chi connectivity index (χ1v) is 12.0. The summed E-state index contributed by atoms with van der Waals surface area (Å²) in [6.07, 6.45) is 2.27. The molecule has 2 unspecified atom stereocenters. The number of rotatable bonds is 8. The minimum absolute atomic E-state index is 0.0678. The Hall–Kier alpha value is -2.26. The number of fused-ring (bicyclic) bond motifs is 1. The van der Waals surface area contributed by atoms with Crippen molar-refractivity contribution in [2.45, 2.75) is 48.6 Å². The van der Waals surface area contributed by atoms with E-state index in [9.17, 15) is 19.5 Å².